The van der Waals surface area contributed by atoms with Crippen LogP contribution in [0.15, 0.2) is 30.6 Å². The number of fused-ring (bicyclic) bond motifs is 2. The first-order valence-corrected chi connectivity index (χ1v) is 10.2. The van der Waals surface area contributed by atoms with Gasteiger partial charge in [-0.05, 0) is 24.6 Å². The van der Waals surface area contributed by atoms with Crippen LogP contribution in [0.1, 0.15) is 16.8 Å². The molecule has 2 atom stereocenters. The molecule has 2 amide bonds. The van der Waals surface area contributed by atoms with Gasteiger partial charge in [0.15, 0.2) is 5.65 Å². The summed E-state index contributed by atoms with van der Waals surface area (Å²) >= 11 is 0. The highest BCUT2D eigenvalue weighted by molar-refractivity contribution is 6.05. The minimum absolute atomic E-state index is 0.253. The third kappa shape index (κ3) is 3.96. The first-order chi connectivity index (χ1) is 15.9. The average Bonchev–Trinajstić information content (AvgIpc) is 3.34. The molecule has 4 heterocycles. The number of amides is 2. The molecular formula is C21H20FN7O4. The van der Waals surface area contributed by atoms with Gasteiger partial charge in [-0.2, -0.15) is 5.10 Å². The third-order valence-electron chi connectivity index (χ3n) is 5.55. The molecular weight excluding hydrogens is 433 g/mol. The fourth-order valence-electron chi connectivity index (χ4n) is 4.07. The van der Waals surface area contributed by atoms with E-state index in [0.717, 1.165) is 0 Å². The molecule has 5 rings (SSSR count). The lowest BCUT2D eigenvalue weighted by atomic mass is 10.1. The third-order valence-corrected chi connectivity index (χ3v) is 5.55. The first kappa shape index (κ1) is 20.8. The van der Waals surface area contributed by atoms with Gasteiger partial charge in [-0.15, -0.1) is 0 Å². The van der Waals surface area contributed by atoms with Crippen molar-refractivity contribution in [3.05, 3.63) is 42.0 Å². The van der Waals surface area contributed by atoms with Crippen molar-refractivity contribution in [2.75, 3.05) is 13.2 Å². The standard InChI is InChI=1S/C21H20FN7O4/c1-29-16-4-10(22)2-3-13(16)17(28-29)15-7-24-19-18(27-15)14(6-23-19)20(30)25-11-5-12(9-33-8-11)26-21(31)32/h2-4,6-7,11-12,26H,5,8-9H2,1H3,(H,23,24)(H,25,30)(H,31,32). The van der Waals surface area contributed by atoms with Crippen LogP contribution in [0.2, 0.25) is 0 Å². The molecule has 0 bridgehead atoms. The highest BCUT2D eigenvalue weighted by Gasteiger charge is 2.26. The summed E-state index contributed by atoms with van der Waals surface area (Å²) in [5.74, 6) is -0.749. The van der Waals surface area contributed by atoms with Crippen molar-refractivity contribution in [3.8, 4) is 11.4 Å². The summed E-state index contributed by atoms with van der Waals surface area (Å²) in [5.41, 5.74) is 2.67. The van der Waals surface area contributed by atoms with Gasteiger partial charge in [0.05, 0.1) is 42.6 Å². The molecule has 0 radical (unpaired) electrons. The van der Waals surface area contributed by atoms with Crippen molar-refractivity contribution < 1.29 is 23.8 Å². The molecule has 4 aromatic rings. The lowest BCUT2D eigenvalue weighted by molar-refractivity contribution is 0.0436. The van der Waals surface area contributed by atoms with Crippen molar-refractivity contribution in [2.45, 2.75) is 18.5 Å². The molecule has 170 valence electrons. The maximum absolute atomic E-state index is 13.7. The Hall–Kier alpha value is -4.06. The summed E-state index contributed by atoms with van der Waals surface area (Å²) < 4.78 is 20.6. The zero-order valence-corrected chi connectivity index (χ0v) is 17.5. The van der Waals surface area contributed by atoms with Crippen LogP contribution in [-0.4, -0.2) is 67.1 Å². The van der Waals surface area contributed by atoms with Gasteiger partial charge in [0, 0.05) is 18.6 Å². The maximum atomic E-state index is 13.7. The van der Waals surface area contributed by atoms with Crippen LogP contribution >= 0.6 is 0 Å². The Morgan fingerprint density at radius 3 is 2.85 bits per heavy atom. The number of carbonyl (C=O) groups excluding carboxylic acids is 1. The quantitative estimate of drug-likeness (QED) is 0.368. The van der Waals surface area contributed by atoms with E-state index >= 15 is 0 Å². The van der Waals surface area contributed by atoms with Gasteiger partial charge in [0.1, 0.15) is 22.7 Å². The van der Waals surface area contributed by atoms with E-state index < -0.39 is 12.1 Å². The largest absolute Gasteiger partial charge is 0.465 e. The number of aryl methyl sites for hydroxylation is 1. The number of aromatic amines is 1. The van der Waals surface area contributed by atoms with Crippen molar-refractivity contribution >= 4 is 34.1 Å². The van der Waals surface area contributed by atoms with E-state index in [-0.39, 0.29) is 31.0 Å². The Kier molecular flexibility index (Phi) is 5.13. The summed E-state index contributed by atoms with van der Waals surface area (Å²) in [6.45, 7) is 0.530. The minimum atomic E-state index is -1.14. The number of rotatable bonds is 4. The molecule has 1 aliphatic heterocycles. The summed E-state index contributed by atoms with van der Waals surface area (Å²) in [4.78, 5) is 35.8. The fourth-order valence-corrected chi connectivity index (χ4v) is 4.07. The molecule has 3 aromatic heterocycles. The summed E-state index contributed by atoms with van der Waals surface area (Å²) in [5, 5.41) is 19.3. The zero-order chi connectivity index (χ0) is 23.1. The van der Waals surface area contributed by atoms with Crippen LogP contribution in [0.3, 0.4) is 0 Å². The van der Waals surface area contributed by atoms with Crippen LogP contribution in [0.4, 0.5) is 9.18 Å². The van der Waals surface area contributed by atoms with E-state index in [1.807, 2.05) is 0 Å². The molecule has 1 fully saturated rings. The molecule has 1 saturated heterocycles. The molecule has 4 N–H and O–H groups in total. The van der Waals surface area contributed by atoms with Crippen molar-refractivity contribution in [3.63, 3.8) is 0 Å². The number of carboxylic acid groups (broad SMARTS) is 1. The lowest BCUT2D eigenvalue weighted by Crippen LogP contribution is -2.50. The molecule has 0 spiro atoms. The SMILES string of the molecule is Cn1nc(-c2cnc3[nH]cc(C(=O)NC4COCC(NC(=O)O)C4)c3n2)c2ccc(F)cc21. The predicted molar refractivity (Wildman–Crippen MR) is 115 cm³/mol. The van der Waals surface area contributed by atoms with Gasteiger partial charge in [-0.3, -0.25) is 9.48 Å². The van der Waals surface area contributed by atoms with Crippen LogP contribution in [0.25, 0.3) is 33.5 Å². The van der Waals surface area contributed by atoms with Crippen LogP contribution < -0.4 is 10.6 Å². The number of H-pyrrole nitrogens is 1. The number of aromatic nitrogens is 5. The van der Waals surface area contributed by atoms with E-state index in [1.165, 1.54) is 18.3 Å². The Bertz CT molecular complexity index is 1380. The van der Waals surface area contributed by atoms with E-state index in [4.69, 9.17) is 9.84 Å². The smallest absolute Gasteiger partial charge is 0.404 e. The number of ether oxygens (including phenoxy) is 1. The number of halogens is 1. The number of nitrogens with one attached hydrogen (secondary N) is 3. The summed E-state index contributed by atoms with van der Waals surface area (Å²) in [6.07, 6.45) is 2.34. The van der Waals surface area contributed by atoms with Gasteiger partial charge in [-0.1, -0.05) is 0 Å². The van der Waals surface area contributed by atoms with Gasteiger partial charge in [-0.25, -0.2) is 19.2 Å². The molecule has 2 unspecified atom stereocenters. The molecule has 1 aliphatic rings. The molecule has 0 saturated carbocycles. The Labute approximate surface area is 186 Å². The number of carbonyl (C=O) groups is 2. The summed E-state index contributed by atoms with van der Waals surface area (Å²) in [7, 11) is 1.71. The Balaban J connectivity index is 1.43. The second-order valence-corrected chi connectivity index (χ2v) is 7.88. The number of hydrogen-bond donors (Lipinski definition) is 4. The second kappa shape index (κ2) is 8.13. The van der Waals surface area contributed by atoms with E-state index in [1.54, 1.807) is 24.0 Å². The molecule has 12 heteroatoms. The maximum Gasteiger partial charge on any atom is 0.404 e. The topological polar surface area (TPSA) is 147 Å². The fraction of sp³-hybridized carbons (Fsp3) is 0.286. The molecule has 33 heavy (non-hydrogen) atoms. The van der Waals surface area contributed by atoms with Crippen LogP contribution in [0.5, 0.6) is 0 Å². The number of hydrogen-bond acceptors (Lipinski definition) is 6. The Morgan fingerprint density at radius 1 is 1.27 bits per heavy atom. The highest BCUT2D eigenvalue weighted by Crippen LogP contribution is 2.28. The summed E-state index contributed by atoms with van der Waals surface area (Å²) in [6, 6.07) is 3.62. The Morgan fingerprint density at radius 2 is 2.06 bits per heavy atom. The van der Waals surface area contributed by atoms with Gasteiger partial charge in [0.2, 0.25) is 0 Å². The monoisotopic (exact) mass is 453 g/mol. The predicted octanol–water partition coefficient (Wildman–Crippen LogP) is 1.81. The lowest BCUT2D eigenvalue weighted by Gasteiger charge is -2.29. The molecule has 1 aromatic carbocycles. The second-order valence-electron chi connectivity index (χ2n) is 7.88. The average molecular weight is 453 g/mol. The van der Waals surface area contributed by atoms with Crippen molar-refractivity contribution in [1.82, 2.24) is 35.4 Å². The first-order valence-electron chi connectivity index (χ1n) is 10.2. The van der Waals surface area contributed by atoms with E-state index in [2.05, 4.69) is 30.7 Å². The highest BCUT2D eigenvalue weighted by atomic mass is 19.1. The van der Waals surface area contributed by atoms with Crippen molar-refractivity contribution in [1.29, 1.82) is 0 Å². The zero-order valence-electron chi connectivity index (χ0n) is 17.5. The van der Waals surface area contributed by atoms with E-state index in [0.29, 0.717) is 45.4 Å². The normalized spacial score (nSPS) is 18.5. The van der Waals surface area contributed by atoms with Gasteiger partial charge >= 0.3 is 6.09 Å². The van der Waals surface area contributed by atoms with Gasteiger partial charge in [0.25, 0.3) is 5.91 Å². The molecule has 0 aliphatic carbocycles. The van der Waals surface area contributed by atoms with E-state index in [9.17, 15) is 14.0 Å². The van der Waals surface area contributed by atoms with Crippen LogP contribution in [0, 0.1) is 5.82 Å². The molecule has 11 nitrogen and oxygen atoms in total. The van der Waals surface area contributed by atoms with Crippen molar-refractivity contribution in [2.24, 2.45) is 7.05 Å². The van der Waals surface area contributed by atoms with Crippen LogP contribution in [-0.2, 0) is 11.8 Å². The number of nitrogens with zero attached hydrogens (tertiary/aromatic N) is 4. The van der Waals surface area contributed by atoms with Gasteiger partial charge < -0.3 is 25.5 Å². The number of benzene rings is 1. The minimum Gasteiger partial charge on any atom is -0.465 e.